The van der Waals surface area contributed by atoms with Crippen LogP contribution in [0.1, 0.15) is 123 Å². The summed E-state index contributed by atoms with van der Waals surface area (Å²) >= 11 is 1.14. The number of aliphatic hydroxyl groups excluding tert-OH is 2. The first-order chi connectivity index (χ1) is 31.6. The smallest absolute Gasteiger partial charge is 0.386 e. The Labute approximate surface area is 394 Å². The van der Waals surface area contributed by atoms with Crippen LogP contribution in [0, 0.1) is 5.41 Å². The molecule has 0 aromatic carbocycles. The molecule has 7 atom stereocenters. The maximum atomic E-state index is 12.7. The van der Waals surface area contributed by atoms with Gasteiger partial charge in [-0.25, -0.2) is 28.6 Å². The normalized spacial score (nSPS) is 20.2. The minimum atomic E-state index is -5.58. The Morgan fingerprint density at radius 3 is 2.18 bits per heavy atom. The summed E-state index contributed by atoms with van der Waals surface area (Å²) < 4.78 is 62.4. The van der Waals surface area contributed by atoms with Crippen LogP contribution in [0.2, 0.25) is 0 Å². The first kappa shape index (κ1) is 58.6. The maximum absolute atomic E-state index is 12.7. The molecule has 1 fully saturated rings. The van der Waals surface area contributed by atoms with E-state index in [1.807, 2.05) is 0 Å². The minimum absolute atomic E-state index is 0.0329. The number of ether oxygens (including phenoxy) is 1. The Bertz CT molecular complexity index is 2040. The summed E-state index contributed by atoms with van der Waals surface area (Å²) in [5.74, 6) is -1.04. The molecular formula is C39H68N7O17P3S. The average molecular weight is 1030 g/mol. The number of carbonyl (C=O) groups excluding carboxylic acids is 3. The average Bonchev–Trinajstić information content (AvgIpc) is 3.81. The molecule has 10 N–H and O–H groups in total. The molecular weight excluding hydrogens is 963 g/mol. The summed E-state index contributed by atoms with van der Waals surface area (Å²) in [6, 6.07) is 0. The second kappa shape index (κ2) is 28.8. The van der Waals surface area contributed by atoms with Crippen LogP contribution in [0.3, 0.4) is 0 Å². The molecule has 0 radical (unpaired) electrons. The quantitative estimate of drug-likeness (QED) is 0.0260. The topological polar surface area (TPSA) is 364 Å². The number of imidazole rings is 1. The summed E-state index contributed by atoms with van der Waals surface area (Å²) in [6.45, 7) is 2.79. The second-order valence-corrected chi connectivity index (χ2v) is 22.0. The number of nitrogens with zero attached hydrogens (tertiary/aromatic N) is 4. The van der Waals surface area contributed by atoms with Crippen molar-refractivity contribution >= 4 is 69.1 Å². The number of unbranched alkanes of at least 4 members (excludes halogenated alkanes) is 11. The van der Waals surface area contributed by atoms with Crippen molar-refractivity contribution in [1.82, 2.24) is 30.2 Å². The van der Waals surface area contributed by atoms with Gasteiger partial charge in [0.05, 0.1) is 19.5 Å². The molecule has 24 nitrogen and oxygen atoms in total. The van der Waals surface area contributed by atoms with E-state index in [2.05, 4.69) is 53.5 Å². The van der Waals surface area contributed by atoms with Crippen molar-refractivity contribution in [3.8, 4) is 0 Å². The summed E-state index contributed by atoms with van der Waals surface area (Å²) in [5.41, 5.74) is 4.28. The molecule has 1 aliphatic rings. The fourth-order valence-corrected chi connectivity index (χ4v) is 10.3. The van der Waals surface area contributed by atoms with Crippen LogP contribution in [-0.4, -0.2) is 123 Å². The van der Waals surface area contributed by atoms with E-state index in [1.165, 1.54) is 71.6 Å². The lowest BCUT2D eigenvalue weighted by Crippen LogP contribution is -2.46. The van der Waals surface area contributed by atoms with Crippen molar-refractivity contribution in [2.24, 2.45) is 5.41 Å². The summed E-state index contributed by atoms with van der Waals surface area (Å²) in [7, 11) is -16.4. The van der Waals surface area contributed by atoms with Gasteiger partial charge in [-0.15, -0.1) is 0 Å². The first-order valence-corrected chi connectivity index (χ1v) is 27.8. The number of rotatable bonds is 34. The van der Waals surface area contributed by atoms with E-state index in [1.54, 1.807) is 0 Å². The molecule has 1 aliphatic heterocycles. The predicted octanol–water partition coefficient (Wildman–Crippen LogP) is 4.70. The lowest BCUT2D eigenvalue weighted by molar-refractivity contribution is -0.137. The Morgan fingerprint density at radius 2 is 1.52 bits per heavy atom. The third-order valence-corrected chi connectivity index (χ3v) is 14.4. The highest BCUT2D eigenvalue weighted by Crippen LogP contribution is 2.61. The Hall–Kier alpha value is -2.70. The molecule has 3 heterocycles. The molecule has 3 rings (SSSR count). The number of phosphoric ester groups is 3. The number of allylic oxidation sites excluding steroid dienone is 2. The van der Waals surface area contributed by atoms with Gasteiger partial charge in [0.15, 0.2) is 22.8 Å². The van der Waals surface area contributed by atoms with Gasteiger partial charge in [-0.2, -0.15) is 4.31 Å². The standard InChI is InChI=1S/C39H68N7O17P3S/c1-4-5-6-7-8-9-10-11-12-13-14-15-16-17-18-19-30(48)67-23-22-41-29(47)20-21-42-37(51)34(50)39(2,3)25-60-66(57,58)63-65(55,56)59-24-28-33(62-64(52,53)54)32(49)38(61-28)46-27-45-31-35(40)43-26-44-36(31)46/h14-15,26-28,32-34,38,49-50H,4-13,16-25H2,1-3H3,(H,41,47)(H,42,51)(H,55,56)(H,57,58)(H2,40,43,44)(H2,52,53,54)/b15-14-/t28-,32-,33-,34+,38-/m1/s1. The number of aliphatic hydroxyl groups is 2. The van der Waals surface area contributed by atoms with Crippen molar-refractivity contribution in [3.05, 3.63) is 24.8 Å². The highest BCUT2D eigenvalue weighted by atomic mass is 32.2. The number of aromatic nitrogens is 4. The SMILES string of the molecule is CCCCCCCCCCC/C=C\CCCCC(=O)SCCNC(=O)CCNC(=O)[C@H](O)C(C)(C)COP(=O)(O)OP(=O)(O)OC[C@H]1O[C@@H](n2cnc3c(N)ncnc32)[C@H](O)[C@@H]1OP(=O)(O)O. The number of fused-ring (bicyclic) bond motifs is 1. The van der Waals surface area contributed by atoms with Crippen LogP contribution in [0.15, 0.2) is 24.8 Å². The summed E-state index contributed by atoms with van der Waals surface area (Å²) in [6.07, 6.45) is 13.5. The van der Waals surface area contributed by atoms with Gasteiger partial charge >= 0.3 is 23.5 Å². The number of thioether (sulfide) groups is 1. The van der Waals surface area contributed by atoms with Gasteiger partial charge in [0.1, 0.15) is 36.3 Å². The molecule has 0 aliphatic carbocycles. The molecule has 2 aromatic heterocycles. The van der Waals surface area contributed by atoms with Crippen molar-refractivity contribution in [3.63, 3.8) is 0 Å². The van der Waals surface area contributed by atoms with E-state index in [4.69, 9.17) is 19.5 Å². The lowest BCUT2D eigenvalue weighted by Gasteiger charge is -2.30. The van der Waals surface area contributed by atoms with Gasteiger partial charge in [-0.3, -0.25) is 32.5 Å². The van der Waals surface area contributed by atoms with Crippen molar-refractivity contribution in [2.75, 3.05) is 37.8 Å². The van der Waals surface area contributed by atoms with E-state index in [0.717, 1.165) is 54.7 Å². The Kier molecular flexibility index (Phi) is 25.2. The van der Waals surface area contributed by atoms with E-state index in [-0.39, 0.29) is 41.6 Å². The zero-order valence-corrected chi connectivity index (χ0v) is 41.6. The predicted molar refractivity (Wildman–Crippen MR) is 247 cm³/mol. The molecule has 0 bridgehead atoms. The molecule has 28 heteroatoms. The third-order valence-electron chi connectivity index (χ3n) is 10.4. The number of nitrogens with two attached hydrogens (primary N) is 1. The fourth-order valence-electron chi connectivity index (χ4n) is 6.71. The molecule has 2 unspecified atom stereocenters. The molecule has 382 valence electrons. The molecule has 1 saturated heterocycles. The van der Waals surface area contributed by atoms with Crippen LogP contribution in [0.4, 0.5) is 5.82 Å². The first-order valence-electron chi connectivity index (χ1n) is 22.3. The van der Waals surface area contributed by atoms with Gasteiger partial charge in [0, 0.05) is 37.1 Å². The van der Waals surface area contributed by atoms with Gasteiger partial charge in [0.2, 0.25) is 11.8 Å². The molecule has 2 amide bonds. The number of hydrogen-bond acceptors (Lipinski definition) is 18. The van der Waals surface area contributed by atoms with Crippen LogP contribution in [0.5, 0.6) is 0 Å². The summed E-state index contributed by atoms with van der Waals surface area (Å²) in [4.78, 5) is 88.3. The Balaban J connectivity index is 1.31. The number of amides is 2. The fraction of sp³-hybridized carbons (Fsp3) is 0.744. The van der Waals surface area contributed by atoms with E-state index in [9.17, 15) is 57.9 Å². The second-order valence-electron chi connectivity index (χ2n) is 16.6. The monoisotopic (exact) mass is 1030 g/mol. The lowest BCUT2D eigenvalue weighted by atomic mass is 9.87. The van der Waals surface area contributed by atoms with Crippen molar-refractivity contribution in [1.29, 1.82) is 0 Å². The highest BCUT2D eigenvalue weighted by molar-refractivity contribution is 8.13. The largest absolute Gasteiger partial charge is 0.481 e. The minimum Gasteiger partial charge on any atom is -0.386 e. The number of carbonyl (C=O) groups is 3. The number of nitrogen functional groups attached to an aromatic ring is 1. The number of hydrogen-bond donors (Lipinski definition) is 9. The molecule has 2 aromatic rings. The molecule has 0 saturated carbocycles. The van der Waals surface area contributed by atoms with Crippen LogP contribution < -0.4 is 16.4 Å². The van der Waals surface area contributed by atoms with Crippen LogP contribution in [-0.2, 0) is 50.7 Å². The highest BCUT2D eigenvalue weighted by Gasteiger charge is 2.50. The van der Waals surface area contributed by atoms with Gasteiger partial charge < -0.3 is 50.9 Å². The molecule has 0 spiro atoms. The zero-order chi connectivity index (χ0) is 49.7. The van der Waals surface area contributed by atoms with E-state index < -0.39 is 84.6 Å². The molecule has 67 heavy (non-hydrogen) atoms. The maximum Gasteiger partial charge on any atom is 0.481 e. The third kappa shape index (κ3) is 21.9. The van der Waals surface area contributed by atoms with Gasteiger partial charge in [0.25, 0.3) is 0 Å². The zero-order valence-electron chi connectivity index (χ0n) is 38.1. The van der Waals surface area contributed by atoms with Gasteiger partial charge in [-0.1, -0.05) is 96.1 Å². The summed E-state index contributed by atoms with van der Waals surface area (Å²) in [5, 5.41) is 26.6. The van der Waals surface area contributed by atoms with Gasteiger partial charge in [-0.05, 0) is 32.1 Å². The van der Waals surface area contributed by atoms with Crippen LogP contribution in [0.25, 0.3) is 11.2 Å². The number of nitrogens with one attached hydrogen (secondary N) is 2. The van der Waals surface area contributed by atoms with Crippen LogP contribution >= 0.6 is 35.2 Å². The van der Waals surface area contributed by atoms with Crippen molar-refractivity contribution in [2.45, 2.75) is 148 Å². The number of phosphoric acid groups is 3. The van der Waals surface area contributed by atoms with E-state index >= 15 is 0 Å². The number of anilines is 1. The Morgan fingerprint density at radius 1 is 0.896 bits per heavy atom. The van der Waals surface area contributed by atoms with E-state index in [0.29, 0.717) is 12.2 Å². The van der Waals surface area contributed by atoms with Crippen molar-refractivity contribution < 1.29 is 80.5 Å².